The number of rotatable bonds is 7. The van der Waals surface area contributed by atoms with Crippen molar-refractivity contribution in [2.45, 2.75) is 9.99 Å². The van der Waals surface area contributed by atoms with Gasteiger partial charge in [-0.3, -0.25) is 9.44 Å². The highest BCUT2D eigenvalue weighted by molar-refractivity contribution is 7.93. The molecule has 0 saturated heterocycles. The lowest BCUT2D eigenvalue weighted by atomic mass is 10.3. The molecule has 12 heteroatoms. The van der Waals surface area contributed by atoms with Crippen molar-refractivity contribution in [1.29, 1.82) is 0 Å². The molecule has 0 amide bonds. The summed E-state index contributed by atoms with van der Waals surface area (Å²) in [6, 6.07) is 15.0. The number of hydrogen-bond acceptors (Lipinski definition) is 6. The Hall–Kier alpha value is -3.28. The summed E-state index contributed by atoms with van der Waals surface area (Å²) in [5, 5.41) is 0.358. The zero-order chi connectivity index (χ0) is 23.8. The average molecular weight is 511 g/mol. The first-order chi connectivity index (χ1) is 15.6. The fourth-order valence-electron chi connectivity index (χ4n) is 2.99. The number of fused-ring (bicyclic) bond motifs is 1. The maximum Gasteiger partial charge on any atom is 0.295 e. The number of para-hydroxylation sites is 1. The zero-order valence-electron chi connectivity index (χ0n) is 16.9. The van der Waals surface area contributed by atoms with Crippen molar-refractivity contribution in [3.63, 3.8) is 0 Å². The van der Waals surface area contributed by atoms with Crippen LogP contribution in [0, 0.1) is 5.82 Å². The molecule has 0 aliphatic carbocycles. The van der Waals surface area contributed by atoms with Gasteiger partial charge in [-0.25, -0.2) is 12.8 Å². The van der Waals surface area contributed by atoms with E-state index in [0.717, 1.165) is 18.2 Å². The molecule has 0 aliphatic heterocycles. The third-order valence-electron chi connectivity index (χ3n) is 4.57. The summed E-state index contributed by atoms with van der Waals surface area (Å²) in [4.78, 5) is -0.387. The Morgan fingerprint density at radius 2 is 1.61 bits per heavy atom. The van der Waals surface area contributed by atoms with Gasteiger partial charge in [-0.2, -0.15) is 8.42 Å². The first kappa shape index (κ1) is 22.9. The Balaban J connectivity index is 1.68. The number of sulfonamides is 2. The van der Waals surface area contributed by atoms with Gasteiger partial charge in [-0.05, 0) is 42.5 Å². The van der Waals surface area contributed by atoms with Crippen LogP contribution in [-0.4, -0.2) is 23.9 Å². The molecule has 0 unspecified atom stereocenters. The molecule has 33 heavy (non-hydrogen) atoms. The molecule has 3 aromatic carbocycles. The number of anilines is 2. The minimum absolute atomic E-state index is 0.125. The summed E-state index contributed by atoms with van der Waals surface area (Å²) in [5.74, 6) is -0.998. The molecule has 0 atom stereocenters. The normalized spacial score (nSPS) is 12.0. The van der Waals surface area contributed by atoms with Crippen LogP contribution in [0.1, 0.15) is 0 Å². The molecule has 172 valence electrons. The van der Waals surface area contributed by atoms with Crippen LogP contribution in [0.4, 0.5) is 15.8 Å². The van der Waals surface area contributed by atoms with E-state index in [1.807, 2.05) is 0 Å². The highest BCUT2D eigenvalue weighted by Crippen LogP contribution is 2.32. The standard InChI is InChI=1S/C21H16ClFN2O6S2/c1-30-20-9-7-15(12-16(20)23)32(26,27)24-17-8-6-14(22)11-18(17)25-33(28,29)21-10-13-4-2-3-5-19(13)31-21/h2-12,24-25H,1H3. The predicted octanol–water partition coefficient (Wildman–Crippen LogP) is 4.84. The molecule has 4 rings (SSSR count). The molecule has 0 aliphatic rings. The Labute approximate surface area is 194 Å². The lowest BCUT2D eigenvalue weighted by Gasteiger charge is -2.14. The smallest absolute Gasteiger partial charge is 0.295 e. The van der Waals surface area contributed by atoms with Crippen LogP contribution in [0.25, 0.3) is 11.0 Å². The molecule has 2 N–H and O–H groups in total. The summed E-state index contributed by atoms with van der Waals surface area (Å²) >= 11 is 6.00. The van der Waals surface area contributed by atoms with Gasteiger partial charge in [-0.1, -0.05) is 29.8 Å². The Morgan fingerprint density at radius 3 is 2.30 bits per heavy atom. The second-order valence-electron chi connectivity index (χ2n) is 6.80. The summed E-state index contributed by atoms with van der Waals surface area (Å²) in [6.45, 7) is 0. The highest BCUT2D eigenvalue weighted by Gasteiger charge is 2.24. The molecule has 1 aromatic heterocycles. The van der Waals surface area contributed by atoms with Crippen molar-refractivity contribution in [2.24, 2.45) is 0 Å². The van der Waals surface area contributed by atoms with Gasteiger partial charge in [0.25, 0.3) is 20.0 Å². The topological polar surface area (TPSA) is 115 Å². The minimum Gasteiger partial charge on any atom is -0.494 e. The van der Waals surface area contributed by atoms with E-state index in [4.69, 9.17) is 20.8 Å². The number of ether oxygens (including phenoxy) is 1. The van der Waals surface area contributed by atoms with E-state index >= 15 is 0 Å². The summed E-state index contributed by atoms with van der Waals surface area (Å²) in [5.41, 5.74) is 0.0854. The maximum atomic E-state index is 14.0. The van der Waals surface area contributed by atoms with Crippen LogP contribution in [0.5, 0.6) is 5.75 Å². The van der Waals surface area contributed by atoms with E-state index < -0.39 is 25.9 Å². The largest absolute Gasteiger partial charge is 0.494 e. The van der Waals surface area contributed by atoms with Gasteiger partial charge in [0.1, 0.15) is 5.58 Å². The van der Waals surface area contributed by atoms with Crippen LogP contribution in [-0.2, 0) is 20.0 Å². The number of furan rings is 1. The molecule has 0 bridgehead atoms. The molecule has 4 aromatic rings. The van der Waals surface area contributed by atoms with Gasteiger partial charge in [0.05, 0.1) is 23.4 Å². The van der Waals surface area contributed by atoms with Crippen molar-refractivity contribution in [2.75, 3.05) is 16.6 Å². The van der Waals surface area contributed by atoms with E-state index in [1.54, 1.807) is 24.3 Å². The van der Waals surface area contributed by atoms with Crippen molar-refractivity contribution < 1.29 is 30.4 Å². The van der Waals surface area contributed by atoms with Crippen LogP contribution >= 0.6 is 11.6 Å². The van der Waals surface area contributed by atoms with Crippen LogP contribution < -0.4 is 14.2 Å². The summed E-state index contributed by atoms with van der Waals surface area (Å²) in [7, 11) is -7.27. The summed E-state index contributed by atoms with van der Waals surface area (Å²) < 4.78 is 80.1. The van der Waals surface area contributed by atoms with Crippen molar-refractivity contribution in [1.82, 2.24) is 0 Å². The molecule has 0 spiro atoms. The number of methoxy groups -OCH3 is 1. The first-order valence-corrected chi connectivity index (χ1v) is 12.6. The van der Waals surface area contributed by atoms with Gasteiger partial charge in [-0.15, -0.1) is 0 Å². The van der Waals surface area contributed by atoms with Gasteiger partial charge < -0.3 is 9.15 Å². The minimum atomic E-state index is -4.28. The van der Waals surface area contributed by atoms with Crippen molar-refractivity contribution in [3.05, 3.63) is 77.6 Å². The predicted molar refractivity (Wildman–Crippen MR) is 122 cm³/mol. The molecular formula is C21H16ClFN2O6S2. The molecular weight excluding hydrogens is 495 g/mol. The van der Waals surface area contributed by atoms with E-state index in [2.05, 4.69) is 9.44 Å². The number of halogens is 2. The average Bonchev–Trinajstić information content (AvgIpc) is 3.21. The molecule has 1 heterocycles. The van der Waals surface area contributed by atoms with E-state index in [9.17, 15) is 21.2 Å². The van der Waals surface area contributed by atoms with Gasteiger partial charge in [0, 0.05) is 16.5 Å². The SMILES string of the molecule is COc1ccc(S(=O)(=O)Nc2ccc(Cl)cc2NS(=O)(=O)c2cc3ccccc3o2)cc1F. The van der Waals surface area contributed by atoms with Gasteiger partial charge >= 0.3 is 0 Å². The summed E-state index contributed by atoms with van der Waals surface area (Å²) in [6.07, 6.45) is 0. The highest BCUT2D eigenvalue weighted by atomic mass is 35.5. The van der Waals surface area contributed by atoms with E-state index in [1.165, 1.54) is 31.4 Å². The third-order valence-corrected chi connectivity index (χ3v) is 7.39. The zero-order valence-corrected chi connectivity index (χ0v) is 19.3. The van der Waals surface area contributed by atoms with Crippen LogP contribution in [0.15, 0.2) is 81.1 Å². The number of hydrogen-bond donors (Lipinski definition) is 2. The Morgan fingerprint density at radius 1 is 0.879 bits per heavy atom. The lowest BCUT2D eigenvalue weighted by molar-refractivity contribution is 0.385. The Bertz CT molecular complexity index is 1540. The van der Waals surface area contributed by atoms with Crippen molar-refractivity contribution in [3.8, 4) is 5.75 Å². The van der Waals surface area contributed by atoms with Crippen LogP contribution in [0.3, 0.4) is 0 Å². The third kappa shape index (κ3) is 4.75. The molecule has 8 nitrogen and oxygen atoms in total. The Kier molecular flexibility index (Phi) is 5.95. The lowest BCUT2D eigenvalue weighted by Crippen LogP contribution is -2.17. The monoisotopic (exact) mass is 510 g/mol. The van der Waals surface area contributed by atoms with E-state index in [-0.39, 0.29) is 32.1 Å². The fourth-order valence-corrected chi connectivity index (χ4v) is 5.30. The van der Waals surface area contributed by atoms with E-state index in [0.29, 0.717) is 11.0 Å². The second-order valence-corrected chi connectivity index (χ2v) is 10.5. The number of nitrogens with one attached hydrogen (secondary N) is 2. The molecule has 0 fully saturated rings. The molecule has 0 radical (unpaired) electrons. The molecule has 0 saturated carbocycles. The number of benzene rings is 3. The maximum absolute atomic E-state index is 14.0. The quantitative estimate of drug-likeness (QED) is 0.368. The van der Waals surface area contributed by atoms with Gasteiger partial charge in [0.15, 0.2) is 11.6 Å². The second kappa shape index (κ2) is 8.58. The van der Waals surface area contributed by atoms with Crippen LogP contribution in [0.2, 0.25) is 5.02 Å². The first-order valence-electron chi connectivity index (χ1n) is 9.26. The fraction of sp³-hybridized carbons (Fsp3) is 0.0476. The van der Waals surface area contributed by atoms with Crippen molar-refractivity contribution >= 4 is 54.0 Å². The van der Waals surface area contributed by atoms with Gasteiger partial charge in [0.2, 0.25) is 5.09 Å².